The number of rotatable bonds is 4. The molecule has 0 heterocycles. The average molecular weight is 254 g/mol. The van der Waals surface area contributed by atoms with Gasteiger partial charge in [0.05, 0.1) is 17.1 Å². The van der Waals surface area contributed by atoms with Crippen molar-refractivity contribution in [3.8, 4) is 11.5 Å². The molecular weight excluding hydrogens is 240 g/mol. The molecule has 1 aliphatic carbocycles. The SMILES string of the molecule is N[C@H](c1cc(O)c(O)c([N+](=O)[O-])c1)[C@@H](O)C1CC1. The van der Waals surface area contributed by atoms with E-state index in [9.17, 15) is 25.4 Å². The van der Waals surface area contributed by atoms with E-state index in [2.05, 4.69) is 0 Å². The third-order valence-electron chi connectivity index (χ3n) is 3.15. The van der Waals surface area contributed by atoms with Crippen LogP contribution in [-0.2, 0) is 0 Å². The van der Waals surface area contributed by atoms with Gasteiger partial charge in [-0.25, -0.2) is 0 Å². The number of nitrogens with two attached hydrogens (primary N) is 1. The molecule has 2 rings (SSSR count). The number of phenols is 2. The van der Waals surface area contributed by atoms with Crippen molar-refractivity contribution in [1.82, 2.24) is 0 Å². The van der Waals surface area contributed by atoms with E-state index in [0.717, 1.165) is 25.0 Å². The Morgan fingerprint density at radius 3 is 2.50 bits per heavy atom. The minimum atomic E-state index is -0.817. The molecule has 0 amide bonds. The summed E-state index contributed by atoms with van der Waals surface area (Å²) in [6.07, 6.45) is 0.954. The molecule has 0 unspecified atom stereocenters. The third-order valence-corrected chi connectivity index (χ3v) is 3.15. The number of nitro groups is 1. The summed E-state index contributed by atoms with van der Waals surface area (Å²) in [4.78, 5) is 9.89. The molecule has 1 aromatic rings. The van der Waals surface area contributed by atoms with Crippen LogP contribution in [0.3, 0.4) is 0 Å². The molecule has 1 fully saturated rings. The lowest BCUT2D eigenvalue weighted by Gasteiger charge is -2.19. The topological polar surface area (TPSA) is 130 Å². The van der Waals surface area contributed by atoms with Gasteiger partial charge >= 0.3 is 5.69 Å². The number of hydrogen-bond donors (Lipinski definition) is 4. The zero-order valence-corrected chi connectivity index (χ0v) is 9.48. The summed E-state index contributed by atoms with van der Waals surface area (Å²) >= 11 is 0. The molecule has 7 heteroatoms. The first-order valence-corrected chi connectivity index (χ1v) is 5.55. The van der Waals surface area contributed by atoms with Crippen LogP contribution in [0.2, 0.25) is 0 Å². The molecule has 7 nitrogen and oxygen atoms in total. The molecule has 5 N–H and O–H groups in total. The molecule has 1 saturated carbocycles. The zero-order valence-electron chi connectivity index (χ0n) is 9.48. The van der Waals surface area contributed by atoms with Gasteiger partial charge in [0.1, 0.15) is 0 Å². The van der Waals surface area contributed by atoms with E-state index in [-0.39, 0.29) is 11.5 Å². The van der Waals surface area contributed by atoms with Gasteiger partial charge in [-0.2, -0.15) is 0 Å². The van der Waals surface area contributed by atoms with Gasteiger partial charge in [-0.1, -0.05) is 0 Å². The number of aliphatic hydroxyl groups excluding tert-OH is 1. The highest BCUT2D eigenvalue weighted by molar-refractivity contribution is 5.57. The van der Waals surface area contributed by atoms with Gasteiger partial charge in [0.25, 0.3) is 0 Å². The molecule has 0 aliphatic heterocycles. The number of phenolic OH excluding ortho intramolecular Hbond substituents is 2. The van der Waals surface area contributed by atoms with Crippen LogP contribution in [0.4, 0.5) is 5.69 Å². The van der Waals surface area contributed by atoms with Crippen molar-refractivity contribution >= 4 is 5.69 Å². The van der Waals surface area contributed by atoms with Crippen molar-refractivity contribution in [2.75, 3.05) is 0 Å². The van der Waals surface area contributed by atoms with Gasteiger partial charge in [-0.05, 0) is 30.4 Å². The Kier molecular flexibility index (Phi) is 3.10. The van der Waals surface area contributed by atoms with Crippen molar-refractivity contribution in [3.05, 3.63) is 27.8 Å². The second-order valence-corrected chi connectivity index (χ2v) is 4.52. The first-order chi connectivity index (χ1) is 8.41. The van der Waals surface area contributed by atoms with Crippen molar-refractivity contribution in [2.24, 2.45) is 11.7 Å². The number of hydrogen-bond acceptors (Lipinski definition) is 6. The molecule has 0 aromatic heterocycles. The Morgan fingerprint density at radius 2 is 2.00 bits per heavy atom. The number of aromatic hydroxyl groups is 2. The van der Waals surface area contributed by atoms with Crippen LogP contribution in [0.1, 0.15) is 24.4 Å². The van der Waals surface area contributed by atoms with Gasteiger partial charge in [0.2, 0.25) is 5.75 Å². The van der Waals surface area contributed by atoms with Gasteiger partial charge in [0, 0.05) is 6.07 Å². The first-order valence-electron chi connectivity index (χ1n) is 5.55. The fraction of sp³-hybridized carbons (Fsp3) is 0.455. The summed E-state index contributed by atoms with van der Waals surface area (Å²) in [5.74, 6) is -1.30. The summed E-state index contributed by atoms with van der Waals surface area (Å²) in [5.41, 5.74) is 5.41. The lowest BCUT2D eigenvalue weighted by molar-refractivity contribution is -0.386. The van der Waals surface area contributed by atoms with Gasteiger partial charge < -0.3 is 21.1 Å². The molecule has 98 valence electrons. The molecule has 0 bridgehead atoms. The Hall–Kier alpha value is -1.86. The summed E-state index contributed by atoms with van der Waals surface area (Å²) < 4.78 is 0. The van der Waals surface area contributed by atoms with Crippen LogP contribution in [0.5, 0.6) is 11.5 Å². The van der Waals surface area contributed by atoms with E-state index >= 15 is 0 Å². The Morgan fingerprint density at radius 1 is 1.39 bits per heavy atom. The molecule has 18 heavy (non-hydrogen) atoms. The van der Waals surface area contributed by atoms with E-state index in [1.807, 2.05) is 0 Å². The van der Waals surface area contributed by atoms with Crippen molar-refractivity contribution in [1.29, 1.82) is 0 Å². The number of nitro benzene ring substituents is 1. The largest absolute Gasteiger partial charge is 0.504 e. The van der Waals surface area contributed by atoms with Crippen LogP contribution in [0, 0.1) is 16.0 Å². The van der Waals surface area contributed by atoms with Crippen LogP contribution in [-0.4, -0.2) is 26.3 Å². The van der Waals surface area contributed by atoms with Crippen LogP contribution in [0.15, 0.2) is 12.1 Å². The predicted molar refractivity (Wildman–Crippen MR) is 62.1 cm³/mol. The number of nitrogens with zero attached hydrogens (tertiary/aromatic N) is 1. The molecular formula is C11H14N2O5. The lowest BCUT2D eigenvalue weighted by atomic mass is 9.98. The monoisotopic (exact) mass is 254 g/mol. The van der Waals surface area contributed by atoms with Gasteiger partial charge in [-0.3, -0.25) is 10.1 Å². The molecule has 1 aromatic carbocycles. The summed E-state index contributed by atoms with van der Waals surface area (Å²) in [5, 5.41) is 39.3. The highest BCUT2D eigenvalue weighted by atomic mass is 16.6. The van der Waals surface area contributed by atoms with Crippen molar-refractivity contribution in [3.63, 3.8) is 0 Å². The van der Waals surface area contributed by atoms with E-state index in [1.165, 1.54) is 0 Å². The second kappa shape index (κ2) is 4.43. The van der Waals surface area contributed by atoms with Gasteiger partial charge in [0.15, 0.2) is 5.75 Å². The Labute approximate surface area is 103 Å². The second-order valence-electron chi connectivity index (χ2n) is 4.52. The third kappa shape index (κ3) is 2.22. The van der Waals surface area contributed by atoms with Gasteiger partial charge in [-0.15, -0.1) is 0 Å². The Balaban J connectivity index is 2.35. The van der Waals surface area contributed by atoms with Crippen LogP contribution >= 0.6 is 0 Å². The maximum atomic E-state index is 10.7. The quantitative estimate of drug-likeness (QED) is 0.357. The highest BCUT2D eigenvalue weighted by Gasteiger charge is 2.35. The minimum absolute atomic E-state index is 0.106. The maximum Gasteiger partial charge on any atom is 0.314 e. The minimum Gasteiger partial charge on any atom is -0.504 e. The van der Waals surface area contributed by atoms with E-state index in [1.54, 1.807) is 0 Å². The fourth-order valence-corrected chi connectivity index (χ4v) is 1.89. The number of aliphatic hydroxyl groups is 1. The summed E-state index contributed by atoms with van der Waals surface area (Å²) in [6.45, 7) is 0. The zero-order chi connectivity index (χ0) is 13.4. The smallest absolute Gasteiger partial charge is 0.314 e. The van der Waals surface area contributed by atoms with Crippen LogP contribution < -0.4 is 5.73 Å². The summed E-state index contributed by atoms with van der Waals surface area (Å²) in [6, 6.07) is 1.40. The standard InChI is InChI=1S/C11H14N2O5/c12-9(10(15)5-1-2-5)6-3-7(13(17)18)11(16)8(14)4-6/h3-5,9-10,14-16H,1-2,12H2/t9-,10+/m1/s1. The van der Waals surface area contributed by atoms with E-state index < -0.39 is 34.3 Å². The normalized spacial score (nSPS) is 18.3. The van der Waals surface area contributed by atoms with E-state index in [0.29, 0.717) is 0 Å². The molecule has 0 spiro atoms. The maximum absolute atomic E-state index is 10.7. The number of benzene rings is 1. The van der Waals surface area contributed by atoms with E-state index in [4.69, 9.17) is 5.73 Å². The average Bonchev–Trinajstić information content (AvgIpc) is 3.14. The summed E-state index contributed by atoms with van der Waals surface area (Å²) in [7, 11) is 0. The van der Waals surface area contributed by atoms with Crippen molar-refractivity contribution in [2.45, 2.75) is 25.0 Å². The molecule has 2 atom stereocenters. The molecule has 0 radical (unpaired) electrons. The highest BCUT2D eigenvalue weighted by Crippen LogP contribution is 2.41. The lowest BCUT2D eigenvalue weighted by Crippen LogP contribution is -2.27. The van der Waals surface area contributed by atoms with Crippen molar-refractivity contribution < 1.29 is 20.2 Å². The predicted octanol–water partition coefficient (Wildman–Crippen LogP) is 0.777. The molecule has 0 saturated heterocycles. The molecule has 1 aliphatic rings. The van der Waals surface area contributed by atoms with Crippen LogP contribution in [0.25, 0.3) is 0 Å². The fourth-order valence-electron chi connectivity index (χ4n) is 1.89. The Bertz CT molecular complexity index is 487. The first kappa shape index (κ1) is 12.6.